The second-order valence-corrected chi connectivity index (χ2v) is 11.4. The van der Waals surface area contributed by atoms with E-state index < -0.39 is 9.84 Å². The van der Waals surface area contributed by atoms with Gasteiger partial charge in [0.1, 0.15) is 0 Å². The number of carbonyl (C=O) groups excluding carboxylic acids is 1. The first-order valence-electron chi connectivity index (χ1n) is 10.8. The zero-order valence-corrected chi connectivity index (χ0v) is 19.6. The minimum atomic E-state index is -3.09. The van der Waals surface area contributed by atoms with E-state index in [1.165, 1.54) is 11.8 Å². The topological polar surface area (TPSA) is 66.8 Å². The van der Waals surface area contributed by atoms with Crippen LogP contribution in [0.1, 0.15) is 37.0 Å². The smallest absolute Gasteiger partial charge is 0.248 e. The number of amides is 1. The summed E-state index contributed by atoms with van der Waals surface area (Å²) in [6.45, 7) is 4.21. The third-order valence-electron chi connectivity index (χ3n) is 5.96. The molecule has 2 saturated heterocycles. The molecule has 0 N–H and O–H groups in total. The van der Waals surface area contributed by atoms with Crippen LogP contribution in [0.3, 0.4) is 0 Å². The predicted octanol–water partition coefficient (Wildman–Crippen LogP) is 4.05. The van der Waals surface area contributed by atoms with Crippen LogP contribution in [0.2, 0.25) is 0 Å². The van der Waals surface area contributed by atoms with Gasteiger partial charge < -0.3 is 4.90 Å². The van der Waals surface area contributed by atoms with Crippen LogP contribution in [0.4, 0.5) is 5.69 Å². The Morgan fingerprint density at radius 2 is 1.71 bits per heavy atom. The lowest BCUT2D eigenvalue weighted by atomic mass is 10.0. The van der Waals surface area contributed by atoms with Crippen LogP contribution in [0, 0.1) is 0 Å². The van der Waals surface area contributed by atoms with Crippen LogP contribution >= 0.6 is 11.8 Å². The highest BCUT2D eigenvalue weighted by atomic mass is 32.2. The maximum absolute atomic E-state index is 12.8. The molecule has 2 aliphatic heterocycles. The van der Waals surface area contributed by atoms with E-state index >= 15 is 0 Å². The van der Waals surface area contributed by atoms with Crippen LogP contribution in [-0.2, 0) is 33.9 Å². The second kappa shape index (κ2) is 9.17. The van der Waals surface area contributed by atoms with Crippen LogP contribution in [-0.4, -0.2) is 42.3 Å². The van der Waals surface area contributed by atoms with Gasteiger partial charge in [-0.15, -0.1) is 0 Å². The molecule has 2 aliphatic rings. The third-order valence-corrected chi connectivity index (χ3v) is 9.17. The fraction of sp³-hybridized carbons (Fsp3) is 0.417. The predicted molar refractivity (Wildman–Crippen MR) is 129 cm³/mol. The highest BCUT2D eigenvalue weighted by Gasteiger charge is 2.50. The van der Waals surface area contributed by atoms with E-state index in [4.69, 9.17) is 0 Å². The zero-order valence-electron chi connectivity index (χ0n) is 18.0. The quantitative estimate of drug-likeness (QED) is 0.656. The van der Waals surface area contributed by atoms with Gasteiger partial charge in [-0.3, -0.25) is 4.79 Å². The van der Waals surface area contributed by atoms with Gasteiger partial charge in [0.05, 0.1) is 17.5 Å². The molecule has 2 fully saturated rings. The standard InChI is InChI=1S/C24H28N2O3S2/c1-3-18-11-8-12-19(4-2)23(18)26-20-15-31(28,29)16-21(20)30-24(26)25-22(27)14-13-17-9-6-5-7-10-17/h5-12,20-21H,3-4,13-16H2,1-2H3/t20-,21+/m0/s1. The van der Waals surface area contributed by atoms with Crippen molar-refractivity contribution >= 4 is 38.4 Å². The molecule has 0 spiro atoms. The first-order valence-corrected chi connectivity index (χ1v) is 13.5. The van der Waals surface area contributed by atoms with E-state index in [-0.39, 0.29) is 28.7 Å². The number of benzene rings is 2. The van der Waals surface area contributed by atoms with Crippen LogP contribution in [0.25, 0.3) is 0 Å². The lowest BCUT2D eigenvalue weighted by molar-refractivity contribution is -0.117. The number of aliphatic imine (C=N–C) groups is 1. The molecule has 0 bridgehead atoms. The van der Waals surface area contributed by atoms with Gasteiger partial charge in [0.15, 0.2) is 15.0 Å². The molecule has 5 nitrogen and oxygen atoms in total. The van der Waals surface area contributed by atoms with Gasteiger partial charge in [0.25, 0.3) is 0 Å². The highest BCUT2D eigenvalue weighted by Crippen LogP contribution is 2.43. The summed E-state index contributed by atoms with van der Waals surface area (Å²) in [5.41, 5.74) is 4.47. The molecule has 1 amide bonds. The molecule has 2 aromatic carbocycles. The summed E-state index contributed by atoms with van der Waals surface area (Å²) in [5.74, 6) is 0.0979. The summed E-state index contributed by atoms with van der Waals surface area (Å²) in [6.07, 6.45) is 2.66. The van der Waals surface area contributed by atoms with Crippen LogP contribution < -0.4 is 4.90 Å². The molecule has 164 valence electrons. The number of para-hydroxylation sites is 1. The van der Waals surface area contributed by atoms with Crippen LogP contribution in [0.15, 0.2) is 53.5 Å². The molecule has 31 heavy (non-hydrogen) atoms. The first-order chi connectivity index (χ1) is 14.9. The first kappa shape index (κ1) is 22.1. The van der Waals surface area contributed by atoms with Gasteiger partial charge in [0.2, 0.25) is 5.91 Å². The Bertz CT molecular complexity index is 1070. The van der Waals surface area contributed by atoms with Crippen molar-refractivity contribution in [2.45, 2.75) is 50.8 Å². The average molecular weight is 457 g/mol. The monoisotopic (exact) mass is 456 g/mol. The summed E-state index contributed by atoms with van der Waals surface area (Å²) >= 11 is 1.45. The maximum atomic E-state index is 12.8. The molecule has 4 rings (SSSR count). The van der Waals surface area contributed by atoms with E-state index in [1.54, 1.807) is 0 Å². The van der Waals surface area contributed by atoms with E-state index in [9.17, 15) is 13.2 Å². The van der Waals surface area contributed by atoms with Gasteiger partial charge in [-0.05, 0) is 36.0 Å². The number of amidine groups is 1. The van der Waals surface area contributed by atoms with Crippen molar-refractivity contribution in [2.24, 2.45) is 4.99 Å². The number of nitrogens with zero attached hydrogens (tertiary/aromatic N) is 2. The van der Waals surface area contributed by atoms with E-state index in [1.807, 2.05) is 30.3 Å². The summed E-state index contributed by atoms with van der Waals surface area (Å²) in [4.78, 5) is 19.3. The van der Waals surface area contributed by atoms with Crippen molar-refractivity contribution in [2.75, 3.05) is 16.4 Å². The average Bonchev–Trinajstić information content (AvgIpc) is 3.22. The third kappa shape index (κ3) is 4.72. The zero-order chi connectivity index (χ0) is 22.0. The number of fused-ring (bicyclic) bond motifs is 1. The molecular weight excluding hydrogens is 428 g/mol. The molecular formula is C24H28N2O3S2. The lowest BCUT2D eigenvalue weighted by Crippen LogP contribution is -2.39. The maximum Gasteiger partial charge on any atom is 0.248 e. The Hall–Kier alpha value is -2.12. The Balaban J connectivity index is 1.67. The fourth-order valence-electron chi connectivity index (χ4n) is 4.41. The van der Waals surface area contributed by atoms with E-state index in [0.29, 0.717) is 18.0 Å². The number of aryl methyl sites for hydroxylation is 3. The highest BCUT2D eigenvalue weighted by molar-refractivity contribution is 8.16. The van der Waals surface area contributed by atoms with Crippen molar-refractivity contribution in [1.82, 2.24) is 0 Å². The molecule has 2 heterocycles. The number of hydrogen-bond donors (Lipinski definition) is 0. The lowest BCUT2D eigenvalue weighted by Gasteiger charge is -2.29. The van der Waals surface area contributed by atoms with Gasteiger partial charge in [0, 0.05) is 17.4 Å². The molecule has 0 unspecified atom stereocenters. The molecule has 2 atom stereocenters. The summed E-state index contributed by atoms with van der Waals surface area (Å²) in [7, 11) is -3.09. The molecule has 7 heteroatoms. The summed E-state index contributed by atoms with van der Waals surface area (Å²) in [6, 6.07) is 16.0. The summed E-state index contributed by atoms with van der Waals surface area (Å²) in [5, 5.41) is 0.568. The van der Waals surface area contributed by atoms with Crippen molar-refractivity contribution in [1.29, 1.82) is 0 Å². The SMILES string of the molecule is CCc1cccc(CC)c1N1C(=NC(=O)CCc2ccccc2)S[C@@H]2CS(=O)(=O)C[C@@H]21. The van der Waals surface area contributed by atoms with E-state index in [2.05, 4.69) is 41.9 Å². The summed E-state index contributed by atoms with van der Waals surface area (Å²) < 4.78 is 24.7. The molecule has 0 saturated carbocycles. The Labute approximate surface area is 188 Å². The molecule has 0 radical (unpaired) electrons. The molecule has 0 aromatic heterocycles. The number of anilines is 1. The Morgan fingerprint density at radius 3 is 2.35 bits per heavy atom. The Morgan fingerprint density at radius 1 is 1.03 bits per heavy atom. The molecule has 2 aromatic rings. The van der Waals surface area contributed by atoms with E-state index in [0.717, 1.165) is 35.2 Å². The normalized spacial score (nSPS) is 23.3. The Kier molecular flexibility index (Phi) is 6.53. The second-order valence-electron chi connectivity index (χ2n) is 8.08. The van der Waals surface area contributed by atoms with Gasteiger partial charge in [-0.2, -0.15) is 4.99 Å². The minimum Gasteiger partial charge on any atom is -0.315 e. The van der Waals surface area contributed by atoms with Crippen molar-refractivity contribution in [3.63, 3.8) is 0 Å². The van der Waals surface area contributed by atoms with Gasteiger partial charge >= 0.3 is 0 Å². The van der Waals surface area contributed by atoms with Gasteiger partial charge in [-0.25, -0.2) is 8.42 Å². The number of hydrogen-bond acceptors (Lipinski definition) is 4. The van der Waals surface area contributed by atoms with Crippen molar-refractivity contribution in [3.8, 4) is 0 Å². The van der Waals surface area contributed by atoms with Gasteiger partial charge in [-0.1, -0.05) is 74.1 Å². The van der Waals surface area contributed by atoms with Crippen LogP contribution in [0.5, 0.6) is 0 Å². The minimum absolute atomic E-state index is 0.0831. The fourth-order valence-corrected chi connectivity index (χ4v) is 8.33. The number of thioether (sulfide) groups is 1. The van der Waals surface area contributed by atoms with Crippen molar-refractivity contribution in [3.05, 3.63) is 65.2 Å². The largest absolute Gasteiger partial charge is 0.315 e. The van der Waals surface area contributed by atoms with Crippen molar-refractivity contribution < 1.29 is 13.2 Å². The number of sulfone groups is 1. The number of rotatable bonds is 6. The molecule has 0 aliphatic carbocycles. The number of carbonyl (C=O) groups is 1.